The number of hydrogen-bond acceptors (Lipinski definition) is 5. The minimum absolute atomic E-state index is 0.127. The minimum Gasteiger partial charge on any atom is -0.423 e. The molecule has 0 aliphatic carbocycles. The number of hydrogen-bond donors (Lipinski definition) is 2. The molecule has 0 saturated carbocycles. The fourth-order valence-corrected chi connectivity index (χ4v) is 2.82. The van der Waals surface area contributed by atoms with Crippen molar-refractivity contribution in [1.82, 2.24) is 5.43 Å². The molecule has 2 N–H and O–H groups in total. The summed E-state index contributed by atoms with van der Waals surface area (Å²) >= 11 is 11.8. The van der Waals surface area contributed by atoms with Gasteiger partial charge >= 0.3 is 17.8 Å². The van der Waals surface area contributed by atoms with E-state index in [9.17, 15) is 14.4 Å². The summed E-state index contributed by atoms with van der Waals surface area (Å²) in [6, 6.07) is 18.1. The van der Waals surface area contributed by atoms with E-state index < -0.39 is 17.8 Å². The van der Waals surface area contributed by atoms with Crippen molar-refractivity contribution in [3.63, 3.8) is 0 Å². The van der Waals surface area contributed by atoms with Crippen LogP contribution in [0.4, 0.5) is 5.69 Å². The Balaban J connectivity index is 1.52. The molecule has 0 unspecified atom stereocenters. The summed E-state index contributed by atoms with van der Waals surface area (Å²) in [6.45, 7) is 1.93. The molecule has 0 aliphatic rings. The first-order valence-corrected chi connectivity index (χ1v) is 10.1. The number of nitrogens with one attached hydrogen (secondary N) is 2. The van der Waals surface area contributed by atoms with Crippen LogP contribution < -0.4 is 15.5 Å². The summed E-state index contributed by atoms with van der Waals surface area (Å²) in [7, 11) is 0. The van der Waals surface area contributed by atoms with Crippen LogP contribution in [0.5, 0.6) is 5.75 Å². The summed E-state index contributed by atoms with van der Waals surface area (Å²) < 4.78 is 5.32. The standard InChI is InChI=1S/C23H17Cl2N3O4/c1-14-5-9-16(10-6-14)23(31)32-17-11-7-15(8-12-17)13-26-28-22(30)21(29)27-19-4-2-3-18(24)20(19)25/h2-13H,1H3,(H,27,29)(H,28,30). The summed E-state index contributed by atoms with van der Waals surface area (Å²) in [5, 5.41) is 6.46. The molecule has 0 fully saturated rings. The Bertz CT molecular complexity index is 1180. The maximum Gasteiger partial charge on any atom is 0.343 e. The molecule has 3 aromatic rings. The molecule has 0 aromatic heterocycles. The van der Waals surface area contributed by atoms with Crippen molar-refractivity contribution in [3.05, 3.63) is 93.5 Å². The number of carbonyl (C=O) groups is 3. The zero-order chi connectivity index (χ0) is 23.1. The predicted octanol–water partition coefficient (Wildman–Crippen LogP) is 4.61. The third kappa shape index (κ3) is 6.16. The zero-order valence-corrected chi connectivity index (χ0v) is 18.3. The summed E-state index contributed by atoms with van der Waals surface area (Å²) in [6.07, 6.45) is 1.34. The molecule has 0 bridgehead atoms. The van der Waals surface area contributed by atoms with Crippen LogP contribution in [0, 0.1) is 6.92 Å². The fraction of sp³-hybridized carbons (Fsp3) is 0.0435. The second kappa shape index (κ2) is 10.6. The van der Waals surface area contributed by atoms with E-state index in [1.54, 1.807) is 48.5 Å². The first-order valence-electron chi connectivity index (χ1n) is 9.31. The van der Waals surface area contributed by atoms with Gasteiger partial charge in [0, 0.05) is 0 Å². The fourth-order valence-electron chi connectivity index (χ4n) is 2.47. The summed E-state index contributed by atoms with van der Waals surface area (Å²) in [5.41, 5.74) is 4.42. The number of aryl methyl sites for hydroxylation is 1. The number of anilines is 1. The highest BCUT2D eigenvalue weighted by Crippen LogP contribution is 2.29. The van der Waals surface area contributed by atoms with Crippen LogP contribution in [0.1, 0.15) is 21.5 Å². The molecule has 3 rings (SSSR count). The molecule has 0 radical (unpaired) electrons. The Morgan fingerprint density at radius 3 is 2.28 bits per heavy atom. The van der Waals surface area contributed by atoms with Crippen LogP contribution in [-0.4, -0.2) is 24.0 Å². The Morgan fingerprint density at radius 2 is 1.59 bits per heavy atom. The van der Waals surface area contributed by atoms with Crippen LogP contribution in [0.15, 0.2) is 71.8 Å². The first kappa shape index (κ1) is 23.0. The third-order valence-corrected chi connectivity index (χ3v) is 4.98. The van der Waals surface area contributed by atoms with E-state index in [0.29, 0.717) is 16.9 Å². The van der Waals surface area contributed by atoms with Gasteiger partial charge in [-0.25, -0.2) is 10.2 Å². The van der Waals surface area contributed by atoms with Crippen LogP contribution in [0.2, 0.25) is 10.0 Å². The highest BCUT2D eigenvalue weighted by molar-refractivity contribution is 6.45. The number of benzene rings is 3. The van der Waals surface area contributed by atoms with Gasteiger partial charge in [-0.2, -0.15) is 5.10 Å². The van der Waals surface area contributed by atoms with Gasteiger partial charge in [-0.05, 0) is 61.0 Å². The van der Waals surface area contributed by atoms with Gasteiger partial charge in [0.1, 0.15) is 5.75 Å². The van der Waals surface area contributed by atoms with E-state index in [1.165, 1.54) is 12.3 Å². The average molecular weight is 470 g/mol. The molecular formula is C23H17Cl2N3O4. The number of ether oxygens (including phenoxy) is 1. The number of carbonyl (C=O) groups excluding carboxylic acids is 3. The van der Waals surface area contributed by atoms with E-state index >= 15 is 0 Å². The lowest BCUT2D eigenvalue weighted by atomic mass is 10.1. The van der Waals surface area contributed by atoms with Crippen LogP contribution in [0.25, 0.3) is 0 Å². The van der Waals surface area contributed by atoms with Crippen LogP contribution in [0.3, 0.4) is 0 Å². The van der Waals surface area contributed by atoms with Gasteiger partial charge in [-0.1, -0.05) is 47.0 Å². The summed E-state index contributed by atoms with van der Waals surface area (Å²) in [4.78, 5) is 36.0. The Labute approximate surface area is 194 Å². The van der Waals surface area contributed by atoms with E-state index in [-0.39, 0.29) is 15.7 Å². The molecule has 0 saturated heterocycles. The highest BCUT2D eigenvalue weighted by Gasteiger charge is 2.15. The molecule has 32 heavy (non-hydrogen) atoms. The van der Waals surface area contributed by atoms with Crippen molar-refractivity contribution < 1.29 is 19.1 Å². The van der Waals surface area contributed by atoms with Crippen molar-refractivity contribution in [1.29, 1.82) is 0 Å². The monoisotopic (exact) mass is 469 g/mol. The quantitative estimate of drug-likeness (QED) is 0.187. The molecule has 7 nitrogen and oxygen atoms in total. The molecule has 2 amide bonds. The first-order chi connectivity index (χ1) is 15.3. The van der Waals surface area contributed by atoms with Gasteiger partial charge in [0.05, 0.1) is 27.5 Å². The van der Waals surface area contributed by atoms with E-state index in [0.717, 1.165) is 5.56 Å². The lowest BCUT2D eigenvalue weighted by molar-refractivity contribution is -0.136. The van der Waals surface area contributed by atoms with Crippen molar-refractivity contribution in [2.75, 3.05) is 5.32 Å². The normalized spacial score (nSPS) is 10.6. The predicted molar refractivity (Wildman–Crippen MR) is 123 cm³/mol. The second-order valence-corrected chi connectivity index (χ2v) is 7.36. The minimum atomic E-state index is -0.985. The van der Waals surface area contributed by atoms with Gasteiger partial charge in [0.25, 0.3) is 0 Å². The largest absolute Gasteiger partial charge is 0.423 e. The van der Waals surface area contributed by atoms with Crippen LogP contribution >= 0.6 is 23.2 Å². The smallest absolute Gasteiger partial charge is 0.343 e. The van der Waals surface area contributed by atoms with E-state index in [4.69, 9.17) is 27.9 Å². The number of esters is 1. The number of nitrogens with zero attached hydrogens (tertiary/aromatic N) is 1. The van der Waals surface area contributed by atoms with Gasteiger partial charge < -0.3 is 10.1 Å². The number of rotatable bonds is 5. The summed E-state index contributed by atoms with van der Waals surface area (Å²) in [5.74, 6) is -2.05. The van der Waals surface area contributed by atoms with Crippen molar-refractivity contribution >= 4 is 52.9 Å². The highest BCUT2D eigenvalue weighted by atomic mass is 35.5. The number of halogens is 2. The van der Waals surface area contributed by atoms with Crippen molar-refractivity contribution in [2.24, 2.45) is 5.10 Å². The van der Waals surface area contributed by atoms with Gasteiger partial charge in [0.2, 0.25) is 0 Å². The average Bonchev–Trinajstić information content (AvgIpc) is 2.78. The van der Waals surface area contributed by atoms with Gasteiger partial charge in [-0.15, -0.1) is 0 Å². The number of hydrazone groups is 1. The SMILES string of the molecule is Cc1ccc(C(=O)Oc2ccc(C=NNC(=O)C(=O)Nc3cccc(Cl)c3Cl)cc2)cc1. The van der Waals surface area contributed by atoms with E-state index in [1.807, 2.05) is 19.1 Å². The van der Waals surface area contributed by atoms with Crippen molar-refractivity contribution in [3.8, 4) is 5.75 Å². The van der Waals surface area contributed by atoms with Crippen LogP contribution in [-0.2, 0) is 9.59 Å². The Morgan fingerprint density at radius 1 is 0.906 bits per heavy atom. The lowest BCUT2D eigenvalue weighted by Crippen LogP contribution is -2.32. The Kier molecular flexibility index (Phi) is 7.59. The topological polar surface area (TPSA) is 96.9 Å². The molecule has 0 atom stereocenters. The molecule has 9 heteroatoms. The Hall–Kier alpha value is -3.68. The molecule has 3 aromatic carbocycles. The van der Waals surface area contributed by atoms with Crippen molar-refractivity contribution in [2.45, 2.75) is 6.92 Å². The lowest BCUT2D eigenvalue weighted by Gasteiger charge is -2.07. The zero-order valence-electron chi connectivity index (χ0n) is 16.8. The molecule has 162 valence electrons. The van der Waals surface area contributed by atoms with Gasteiger partial charge in [-0.3, -0.25) is 9.59 Å². The maximum absolute atomic E-state index is 12.1. The second-order valence-electron chi connectivity index (χ2n) is 6.58. The number of amides is 2. The molecule has 0 aliphatic heterocycles. The van der Waals surface area contributed by atoms with E-state index in [2.05, 4.69) is 15.8 Å². The molecule has 0 heterocycles. The molecule has 0 spiro atoms. The third-order valence-electron chi connectivity index (χ3n) is 4.16. The maximum atomic E-state index is 12.1. The van der Waals surface area contributed by atoms with Gasteiger partial charge in [0.15, 0.2) is 0 Å². The molecular weight excluding hydrogens is 453 g/mol.